The summed E-state index contributed by atoms with van der Waals surface area (Å²) in [6.07, 6.45) is 4.53. The van der Waals surface area contributed by atoms with Gasteiger partial charge in [0.25, 0.3) is 10.1 Å². The van der Waals surface area contributed by atoms with Gasteiger partial charge in [-0.05, 0) is 43.0 Å². The first-order valence-corrected chi connectivity index (χ1v) is 7.82. The fourth-order valence-corrected chi connectivity index (χ4v) is 3.94. The van der Waals surface area contributed by atoms with Gasteiger partial charge in [0.05, 0.1) is 4.90 Å². The smallest absolute Gasteiger partial charge is 0.294 e. The van der Waals surface area contributed by atoms with Crippen LogP contribution in [0.1, 0.15) is 30.4 Å². The zero-order valence-corrected chi connectivity index (χ0v) is 11.0. The zero-order chi connectivity index (χ0) is 12.8. The molecule has 1 aromatic carbocycles. The third-order valence-corrected chi connectivity index (χ3v) is 5.01. The predicted molar refractivity (Wildman–Crippen MR) is 68.0 cm³/mol. The summed E-state index contributed by atoms with van der Waals surface area (Å²) in [6, 6.07) is 5.75. The second-order valence-electron chi connectivity index (χ2n) is 5.19. The highest BCUT2D eigenvalue weighted by Gasteiger charge is 2.31. The van der Waals surface area contributed by atoms with Crippen LogP contribution in [0.25, 0.3) is 0 Å². The van der Waals surface area contributed by atoms with Gasteiger partial charge in [0, 0.05) is 12.6 Å². The van der Waals surface area contributed by atoms with E-state index in [-0.39, 0.29) is 4.90 Å². The highest BCUT2D eigenvalue weighted by atomic mass is 32.2. The highest BCUT2D eigenvalue weighted by molar-refractivity contribution is 7.85. The van der Waals surface area contributed by atoms with Crippen molar-refractivity contribution >= 4 is 10.1 Å². The van der Waals surface area contributed by atoms with Crippen molar-refractivity contribution in [3.63, 3.8) is 0 Å². The van der Waals surface area contributed by atoms with Crippen molar-refractivity contribution in [3.8, 4) is 0 Å². The molecule has 0 aliphatic carbocycles. The van der Waals surface area contributed by atoms with Crippen LogP contribution in [-0.2, 0) is 23.1 Å². The molecule has 0 amide bonds. The average molecular weight is 267 g/mol. The zero-order valence-electron chi connectivity index (χ0n) is 10.2. The van der Waals surface area contributed by atoms with E-state index in [0.717, 1.165) is 24.1 Å². The Hall–Kier alpha value is -0.910. The van der Waals surface area contributed by atoms with Crippen LogP contribution in [0.4, 0.5) is 0 Å². The molecule has 2 heterocycles. The molecule has 1 fully saturated rings. The molecular formula is C13H17NO3S. The molecule has 98 valence electrons. The van der Waals surface area contributed by atoms with Crippen molar-refractivity contribution < 1.29 is 13.0 Å². The Morgan fingerprint density at radius 1 is 1.28 bits per heavy atom. The first-order chi connectivity index (χ1) is 8.55. The fourth-order valence-electron chi connectivity index (χ4n) is 3.18. The maximum atomic E-state index is 11.4. The third kappa shape index (κ3) is 2.06. The van der Waals surface area contributed by atoms with Gasteiger partial charge >= 0.3 is 0 Å². The molecule has 1 N–H and O–H groups in total. The first kappa shape index (κ1) is 12.1. The largest absolute Gasteiger partial charge is 0.296 e. The maximum Gasteiger partial charge on any atom is 0.294 e. The van der Waals surface area contributed by atoms with Gasteiger partial charge in [-0.2, -0.15) is 8.42 Å². The van der Waals surface area contributed by atoms with Crippen molar-refractivity contribution in [2.75, 3.05) is 6.54 Å². The molecule has 5 heteroatoms. The summed E-state index contributed by atoms with van der Waals surface area (Å²) < 4.78 is 32.1. The number of hydrogen-bond acceptors (Lipinski definition) is 3. The quantitative estimate of drug-likeness (QED) is 0.789. The monoisotopic (exact) mass is 267 g/mol. The minimum atomic E-state index is -4.11. The van der Waals surface area contributed by atoms with E-state index in [1.165, 1.54) is 25.3 Å². The Morgan fingerprint density at radius 3 is 2.89 bits per heavy atom. The van der Waals surface area contributed by atoms with Crippen LogP contribution >= 0.6 is 0 Å². The van der Waals surface area contributed by atoms with Gasteiger partial charge in [0.1, 0.15) is 0 Å². The van der Waals surface area contributed by atoms with Crippen molar-refractivity contribution in [2.45, 2.75) is 43.2 Å². The van der Waals surface area contributed by atoms with Crippen LogP contribution in [0.3, 0.4) is 0 Å². The Balaban J connectivity index is 2.05. The molecule has 1 unspecified atom stereocenters. The van der Waals surface area contributed by atoms with Crippen LogP contribution in [0.15, 0.2) is 23.1 Å². The summed E-state index contributed by atoms with van der Waals surface area (Å²) in [5, 5.41) is 0. The molecule has 4 nitrogen and oxygen atoms in total. The van der Waals surface area contributed by atoms with E-state index >= 15 is 0 Å². The molecule has 0 radical (unpaired) electrons. The SMILES string of the molecule is O=S(=O)(O)c1cccc2c1CN1CCCCC1C2. The van der Waals surface area contributed by atoms with E-state index in [1.807, 2.05) is 6.07 Å². The lowest BCUT2D eigenvalue weighted by Gasteiger charge is -2.40. The Kier molecular flexibility index (Phi) is 2.92. The number of rotatable bonds is 1. The summed E-state index contributed by atoms with van der Waals surface area (Å²) in [5.41, 5.74) is 1.87. The van der Waals surface area contributed by atoms with Gasteiger partial charge in [-0.15, -0.1) is 0 Å². The van der Waals surface area contributed by atoms with E-state index in [4.69, 9.17) is 0 Å². The maximum absolute atomic E-state index is 11.4. The molecule has 1 atom stereocenters. The number of piperidine rings is 1. The van der Waals surface area contributed by atoms with Gasteiger partial charge in [0.15, 0.2) is 0 Å². The fraction of sp³-hybridized carbons (Fsp3) is 0.538. The Bertz CT molecular complexity index is 568. The van der Waals surface area contributed by atoms with Crippen LogP contribution in [-0.4, -0.2) is 30.5 Å². The average Bonchev–Trinajstić information content (AvgIpc) is 2.34. The molecule has 18 heavy (non-hydrogen) atoms. The minimum Gasteiger partial charge on any atom is -0.296 e. The summed E-state index contributed by atoms with van der Waals surface area (Å²) in [6.45, 7) is 1.68. The molecule has 0 aromatic heterocycles. The van der Waals surface area contributed by atoms with E-state index in [0.29, 0.717) is 12.6 Å². The van der Waals surface area contributed by atoms with Crippen molar-refractivity contribution in [2.24, 2.45) is 0 Å². The molecule has 0 bridgehead atoms. The standard InChI is InChI=1S/C13H17NO3S/c15-18(16,17)13-6-3-4-10-8-11-5-1-2-7-14(11)9-12(10)13/h3-4,6,11H,1-2,5,7-9H2,(H,15,16,17). The Morgan fingerprint density at radius 2 is 2.11 bits per heavy atom. The first-order valence-electron chi connectivity index (χ1n) is 6.38. The number of benzene rings is 1. The minimum absolute atomic E-state index is 0.0871. The summed E-state index contributed by atoms with van der Waals surface area (Å²) in [7, 11) is -4.11. The summed E-state index contributed by atoms with van der Waals surface area (Å²) in [4.78, 5) is 2.43. The van der Waals surface area contributed by atoms with Crippen molar-refractivity contribution in [1.29, 1.82) is 0 Å². The van der Waals surface area contributed by atoms with Crippen LogP contribution < -0.4 is 0 Å². The number of hydrogen-bond donors (Lipinski definition) is 1. The number of nitrogens with zero attached hydrogens (tertiary/aromatic N) is 1. The number of fused-ring (bicyclic) bond motifs is 2. The van der Waals surface area contributed by atoms with Gasteiger partial charge in [-0.1, -0.05) is 18.6 Å². The third-order valence-electron chi connectivity index (χ3n) is 4.07. The summed E-state index contributed by atoms with van der Waals surface area (Å²) >= 11 is 0. The second-order valence-corrected chi connectivity index (χ2v) is 6.58. The lowest BCUT2D eigenvalue weighted by Crippen LogP contribution is -2.43. The van der Waals surface area contributed by atoms with E-state index < -0.39 is 10.1 Å². The molecule has 2 aliphatic heterocycles. The van der Waals surface area contributed by atoms with E-state index in [1.54, 1.807) is 6.07 Å². The predicted octanol–water partition coefficient (Wildman–Crippen LogP) is 1.84. The van der Waals surface area contributed by atoms with E-state index in [9.17, 15) is 13.0 Å². The van der Waals surface area contributed by atoms with Crippen LogP contribution in [0.5, 0.6) is 0 Å². The second kappa shape index (κ2) is 4.33. The molecular weight excluding hydrogens is 250 g/mol. The Labute approximate surface area is 107 Å². The van der Waals surface area contributed by atoms with Gasteiger partial charge < -0.3 is 0 Å². The topological polar surface area (TPSA) is 57.6 Å². The molecule has 1 aromatic rings. The summed E-state index contributed by atoms with van der Waals surface area (Å²) in [5.74, 6) is 0. The van der Waals surface area contributed by atoms with Gasteiger partial charge in [-0.3, -0.25) is 9.45 Å². The van der Waals surface area contributed by atoms with Crippen molar-refractivity contribution in [1.82, 2.24) is 4.90 Å². The van der Waals surface area contributed by atoms with E-state index in [2.05, 4.69) is 4.90 Å². The van der Waals surface area contributed by atoms with Gasteiger partial charge in [-0.25, -0.2) is 0 Å². The molecule has 3 rings (SSSR count). The molecule has 0 saturated carbocycles. The molecule has 1 saturated heterocycles. The van der Waals surface area contributed by atoms with Crippen LogP contribution in [0, 0.1) is 0 Å². The van der Waals surface area contributed by atoms with Gasteiger partial charge in [0.2, 0.25) is 0 Å². The van der Waals surface area contributed by atoms with Crippen molar-refractivity contribution in [3.05, 3.63) is 29.3 Å². The lowest BCUT2D eigenvalue weighted by molar-refractivity contribution is 0.126. The highest BCUT2D eigenvalue weighted by Crippen LogP contribution is 2.32. The molecule has 0 spiro atoms. The van der Waals surface area contributed by atoms with Crippen LogP contribution in [0.2, 0.25) is 0 Å². The molecule has 2 aliphatic rings. The lowest BCUT2D eigenvalue weighted by atomic mass is 9.88. The normalized spacial score (nSPS) is 24.4.